The van der Waals surface area contributed by atoms with Gasteiger partial charge in [-0.2, -0.15) is 5.26 Å². The number of rotatable bonds is 6. The average molecular weight is 238 g/mol. The molecule has 0 fully saturated rings. The lowest BCUT2D eigenvalue weighted by Gasteiger charge is -2.20. The lowest BCUT2D eigenvalue weighted by atomic mass is 10.1. The van der Waals surface area contributed by atoms with Gasteiger partial charge in [0.1, 0.15) is 5.82 Å². The molecule has 0 aliphatic heterocycles. The minimum absolute atomic E-state index is 0.0560. The molecule has 17 heavy (non-hydrogen) atoms. The van der Waals surface area contributed by atoms with Gasteiger partial charge in [-0.1, -0.05) is 0 Å². The van der Waals surface area contributed by atoms with Crippen LogP contribution < -0.4 is 0 Å². The van der Waals surface area contributed by atoms with E-state index in [-0.39, 0.29) is 25.6 Å². The SMILES string of the molecule is N#Cc1ccc(F)c(CN(CCO)CCO)c1. The van der Waals surface area contributed by atoms with E-state index in [0.717, 1.165) is 0 Å². The lowest BCUT2D eigenvalue weighted by Crippen LogP contribution is -2.29. The van der Waals surface area contributed by atoms with Crippen LogP contribution >= 0.6 is 0 Å². The molecule has 0 saturated carbocycles. The van der Waals surface area contributed by atoms with Crippen molar-refractivity contribution >= 4 is 0 Å². The van der Waals surface area contributed by atoms with Gasteiger partial charge in [0.15, 0.2) is 0 Å². The third-order valence-electron chi connectivity index (χ3n) is 2.40. The first-order chi connectivity index (χ1) is 8.21. The van der Waals surface area contributed by atoms with E-state index in [0.29, 0.717) is 24.2 Å². The molecule has 0 amide bonds. The van der Waals surface area contributed by atoms with E-state index >= 15 is 0 Å². The van der Waals surface area contributed by atoms with Gasteiger partial charge in [0.2, 0.25) is 0 Å². The minimum Gasteiger partial charge on any atom is -0.395 e. The fourth-order valence-corrected chi connectivity index (χ4v) is 1.56. The van der Waals surface area contributed by atoms with Gasteiger partial charge in [-0.3, -0.25) is 4.90 Å². The van der Waals surface area contributed by atoms with Crippen LogP contribution in [0.5, 0.6) is 0 Å². The van der Waals surface area contributed by atoms with E-state index in [1.807, 2.05) is 6.07 Å². The van der Waals surface area contributed by atoms with Gasteiger partial charge in [0.25, 0.3) is 0 Å². The first kappa shape index (κ1) is 13.6. The molecule has 0 radical (unpaired) electrons. The van der Waals surface area contributed by atoms with E-state index in [1.54, 1.807) is 4.90 Å². The summed E-state index contributed by atoms with van der Waals surface area (Å²) in [5.41, 5.74) is 0.792. The second kappa shape index (κ2) is 6.97. The summed E-state index contributed by atoms with van der Waals surface area (Å²) in [7, 11) is 0. The van der Waals surface area contributed by atoms with Crippen molar-refractivity contribution in [3.05, 3.63) is 35.1 Å². The molecule has 0 aliphatic carbocycles. The number of aliphatic hydroxyl groups is 2. The summed E-state index contributed by atoms with van der Waals surface area (Å²) in [4.78, 5) is 1.72. The molecule has 4 nitrogen and oxygen atoms in total. The summed E-state index contributed by atoms with van der Waals surface area (Å²) in [5.74, 6) is -0.384. The van der Waals surface area contributed by atoms with Crippen LogP contribution in [0.15, 0.2) is 18.2 Å². The summed E-state index contributed by atoms with van der Waals surface area (Å²) in [6.45, 7) is 0.870. The quantitative estimate of drug-likeness (QED) is 0.756. The Labute approximate surface area is 99.5 Å². The van der Waals surface area contributed by atoms with Gasteiger partial charge < -0.3 is 10.2 Å². The summed E-state index contributed by atoms with van der Waals surface area (Å²) in [5, 5.41) is 26.4. The third-order valence-corrected chi connectivity index (χ3v) is 2.40. The highest BCUT2D eigenvalue weighted by Crippen LogP contribution is 2.12. The van der Waals surface area contributed by atoms with Gasteiger partial charge in [0.05, 0.1) is 24.8 Å². The van der Waals surface area contributed by atoms with E-state index in [9.17, 15) is 4.39 Å². The summed E-state index contributed by atoms with van der Waals surface area (Å²) >= 11 is 0. The molecule has 1 aromatic rings. The van der Waals surface area contributed by atoms with E-state index in [1.165, 1.54) is 18.2 Å². The first-order valence-electron chi connectivity index (χ1n) is 5.34. The predicted molar refractivity (Wildman–Crippen MR) is 60.6 cm³/mol. The van der Waals surface area contributed by atoms with Crippen molar-refractivity contribution in [1.29, 1.82) is 5.26 Å². The molecule has 92 valence electrons. The molecular formula is C12H15FN2O2. The van der Waals surface area contributed by atoms with Crippen LogP contribution in [0.3, 0.4) is 0 Å². The predicted octanol–water partition coefficient (Wildman–Crippen LogP) is 0.484. The Morgan fingerprint density at radius 1 is 1.24 bits per heavy atom. The maximum atomic E-state index is 13.5. The van der Waals surface area contributed by atoms with Gasteiger partial charge in [0, 0.05) is 25.2 Å². The van der Waals surface area contributed by atoms with Crippen LogP contribution in [0.1, 0.15) is 11.1 Å². The maximum absolute atomic E-state index is 13.5. The fourth-order valence-electron chi connectivity index (χ4n) is 1.56. The summed E-state index contributed by atoms with van der Waals surface area (Å²) in [6, 6.07) is 6.10. The van der Waals surface area contributed by atoms with E-state index < -0.39 is 0 Å². The van der Waals surface area contributed by atoms with Crippen molar-refractivity contribution in [1.82, 2.24) is 4.90 Å². The van der Waals surface area contributed by atoms with Crippen molar-refractivity contribution in [3.63, 3.8) is 0 Å². The second-order valence-electron chi connectivity index (χ2n) is 3.64. The molecule has 0 saturated heterocycles. The molecule has 0 bridgehead atoms. The standard InChI is InChI=1S/C12H15FN2O2/c13-12-2-1-10(8-14)7-11(12)9-15(3-5-16)4-6-17/h1-2,7,16-17H,3-6,9H2. The maximum Gasteiger partial charge on any atom is 0.127 e. The van der Waals surface area contributed by atoms with Crippen molar-refractivity contribution in [2.75, 3.05) is 26.3 Å². The van der Waals surface area contributed by atoms with Gasteiger partial charge in [-0.15, -0.1) is 0 Å². The Bertz CT molecular complexity index is 398. The van der Waals surface area contributed by atoms with E-state index in [4.69, 9.17) is 15.5 Å². The average Bonchev–Trinajstić information content (AvgIpc) is 2.32. The zero-order valence-electron chi connectivity index (χ0n) is 9.43. The van der Waals surface area contributed by atoms with Crippen LogP contribution in [0, 0.1) is 17.1 Å². The number of nitrogens with zero attached hydrogens (tertiary/aromatic N) is 2. The van der Waals surface area contributed by atoms with Crippen molar-refractivity contribution < 1.29 is 14.6 Å². The molecule has 1 aromatic carbocycles. The number of hydrogen-bond acceptors (Lipinski definition) is 4. The number of aliphatic hydroxyl groups excluding tert-OH is 2. The zero-order valence-corrected chi connectivity index (χ0v) is 9.43. The van der Waals surface area contributed by atoms with Gasteiger partial charge >= 0.3 is 0 Å². The molecular weight excluding hydrogens is 223 g/mol. The van der Waals surface area contributed by atoms with E-state index in [2.05, 4.69) is 0 Å². The summed E-state index contributed by atoms with van der Waals surface area (Å²) < 4.78 is 13.5. The molecule has 1 rings (SSSR count). The molecule has 5 heteroatoms. The second-order valence-corrected chi connectivity index (χ2v) is 3.64. The minimum atomic E-state index is -0.384. The van der Waals surface area contributed by atoms with Crippen LogP contribution in [0.25, 0.3) is 0 Å². The van der Waals surface area contributed by atoms with Crippen LogP contribution in [0.4, 0.5) is 4.39 Å². The molecule has 0 heterocycles. The number of halogens is 1. The normalized spacial score (nSPS) is 10.5. The monoisotopic (exact) mass is 238 g/mol. The smallest absolute Gasteiger partial charge is 0.127 e. The highest BCUT2D eigenvalue weighted by atomic mass is 19.1. The number of hydrogen-bond donors (Lipinski definition) is 2. The zero-order chi connectivity index (χ0) is 12.7. The molecule has 0 aromatic heterocycles. The van der Waals surface area contributed by atoms with Crippen molar-refractivity contribution in [2.24, 2.45) is 0 Å². The molecule has 2 N–H and O–H groups in total. The molecule has 0 atom stereocenters. The lowest BCUT2D eigenvalue weighted by molar-refractivity contribution is 0.154. The van der Waals surface area contributed by atoms with Crippen LogP contribution in [-0.4, -0.2) is 41.4 Å². The highest BCUT2D eigenvalue weighted by molar-refractivity contribution is 5.33. The first-order valence-corrected chi connectivity index (χ1v) is 5.34. The molecule has 0 unspecified atom stereocenters. The largest absolute Gasteiger partial charge is 0.395 e. The Kier molecular flexibility index (Phi) is 5.57. The number of nitriles is 1. The molecule has 0 aliphatic rings. The Morgan fingerprint density at radius 2 is 1.88 bits per heavy atom. The Balaban J connectivity index is 2.80. The van der Waals surface area contributed by atoms with Crippen molar-refractivity contribution in [3.8, 4) is 6.07 Å². The molecule has 0 spiro atoms. The fraction of sp³-hybridized carbons (Fsp3) is 0.417. The third kappa shape index (κ3) is 4.11. The van der Waals surface area contributed by atoms with Crippen LogP contribution in [0.2, 0.25) is 0 Å². The van der Waals surface area contributed by atoms with Crippen LogP contribution in [-0.2, 0) is 6.54 Å². The highest BCUT2D eigenvalue weighted by Gasteiger charge is 2.09. The van der Waals surface area contributed by atoms with Crippen molar-refractivity contribution in [2.45, 2.75) is 6.54 Å². The number of benzene rings is 1. The topological polar surface area (TPSA) is 67.5 Å². The van der Waals surface area contributed by atoms with Gasteiger partial charge in [-0.25, -0.2) is 4.39 Å². The summed E-state index contributed by atoms with van der Waals surface area (Å²) in [6.07, 6.45) is 0. The van der Waals surface area contributed by atoms with Gasteiger partial charge in [-0.05, 0) is 18.2 Å². The Morgan fingerprint density at radius 3 is 2.41 bits per heavy atom. The Hall–Kier alpha value is -1.48.